The number of carbonyl (C=O) groups is 1. The normalized spacial score (nSPS) is 19.2. The van der Waals surface area contributed by atoms with E-state index in [4.69, 9.17) is 0 Å². The number of carbonyl (C=O) groups excluding carboxylic acids is 1. The monoisotopic (exact) mass is 310 g/mol. The average molecular weight is 310 g/mol. The second-order valence-electron chi connectivity index (χ2n) is 5.87. The third-order valence-corrected chi connectivity index (χ3v) is 4.36. The van der Waals surface area contributed by atoms with Crippen molar-refractivity contribution in [3.8, 4) is 0 Å². The number of hydrogen-bond acceptors (Lipinski definition) is 3. The Hall–Kier alpha value is -2.33. The van der Waals surface area contributed by atoms with Crippen molar-refractivity contribution in [3.05, 3.63) is 65.7 Å². The summed E-state index contributed by atoms with van der Waals surface area (Å²) in [4.78, 5) is 14.4. The maximum Gasteiger partial charge on any atom is 0.240 e. The fraction of sp³-hybridized carbons (Fsp3) is 0.316. The Kier molecular flexibility index (Phi) is 4.63. The van der Waals surface area contributed by atoms with E-state index in [9.17, 15) is 9.90 Å². The van der Waals surface area contributed by atoms with Gasteiger partial charge in [0.2, 0.25) is 5.91 Å². The summed E-state index contributed by atoms with van der Waals surface area (Å²) >= 11 is 0. The summed E-state index contributed by atoms with van der Waals surface area (Å²) in [6, 6.07) is 17.5. The number of likely N-dealkylation sites (N-methyl/N-ethyl adjacent to an activating group) is 1. The maximum atomic E-state index is 12.4. The predicted octanol–water partition coefficient (Wildman–Crippen LogP) is 2.29. The van der Waals surface area contributed by atoms with Gasteiger partial charge < -0.3 is 15.3 Å². The minimum atomic E-state index is -0.553. The summed E-state index contributed by atoms with van der Waals surface area (Å²) in [6.07, 6.45) is 0.0419. The van der Waals surface area contributed by atoms with Gasteiger partial charge in [-0.25, -0.2) is 0 Å². The first-order chi connectivity index (χ1) is 11.2. The molecule has 0 saturated carbocycles. The van der Waals surface area contributed by atoms with Gasteiger partial charge in [0.15, 0.2) is 0 Å². The van der Waals surface area contributed by atoms with E-state index >= 15 is 0 Å². The summed E-state index contributed by atoms with van der Waals surface area (Å²) in [5, 5.41) is 13.2. The Labute approximate surface area is 136 Å². The zero-order valence-electron chi connectivity index (χ0n) is 13.3. The van der Waals surface area contributed by atoms with E-state index in [1.807, 2.05) is 66.4 Å². The van der Waals surface area contributed by atoms with E-state index in [-0.39, 0.29) is 18.5 Å². The first-order valence-electron chi connectivity index (χ1n) is 8.04. The zero-order chi connectivity index (χ0) is 16.2. The Bertz CT molecular complexity index is 672. The number of amides is 1. The Morgan fingerprint density at radius 3 is 2.61 bits per heavy atom. The standard InChI is InChI=1S/C19H22N2O2/c1-2-21(15-9-4-3-5-10-15)13-18(23)20-19-16-11-7-6-8-14(16)12-17(19)22/h3-11,17,19,22H,2,12-13H2,1H3,(H,20,23). The highest BCUT2D eigenvalue weighted by Gasteiger charge is 2.31. The minimum Gasteiger partial charge on any atom is -0.390 e. The van der Waals surface area contributed by atoms with Gasteiger partial charge in [-0.15, -0.1) is 0 Å². The molecule has 4 heteroatoms. The Morgan fingerprint density at radius 2 is 1.87 bits per heavy atom. The van der Waals surface area contributed by atoms with Crippen LogP contribution in [0.4, 0.5) is 5.69 Å². The molecule has 4 nitrogen and oxygen atoms in total. The third-order valence-electron chi connectivity index (χ3n) is 4.36. The molecule has 2 atom stereocenters. The quantitative estimate of drug-likeness (QED) is 0.891. The molecule has 1 aliphatic carbocycles. The van der Waals surface area contributed by atoms with Gasteiger partial charge in [-0.2, -0.15) is 0 Å². The number of fused-ring (bicyclic) bond motifs is 1. The number of benzene rings is 2. The number of anilines is 1. The van der Waals surface area contributed by atoms with Crippen molar-refractivity contribution >= 4 is 11.6 Å². The molecule has 2 N–H and O–H groups in total. The first-order valence-corrected chi connectivity index (χ1v) is 8.04. The minimum absolute atomic E-state index is 0.0727. The van der Waals surface area contributed by atoms with Crippen LogP contribution in [0, 0.1) is 0 Å². The highest BCUT2D eigenvalue weighted by atomic mass is 16.3. The van der Waals surface area contributed by atoms with Crippen LogP contribution >= 0.6 is 0 Å². The number of aliphatic hydroxyl groups excluding tert-OH is 1. The molecule has 0 heterocycles. The summed E-state index contributed by atoms with van der Waals surface area (Å²) in [5.41, 5.74) is 3.16. The van der Waals surface area contributed by atoms with E-state index in [0.717, 1.165) is 23.4 Å². The highest BCUT2D eigenvalue weighted by Crippen LogP contribution is 2.31. The van der Waals surface area contributed by atoms with E-state index in [1.165, 1.54) is 0 Å². The van der Waals surface area contributed by atoms with Gasteiger partial charge in [0.25, 0.3) is 0 Å². The molecule has 2 aromatic rings. The second kappa shape index (κ2) is 6.84. The fourth-order valence-corrected chi connectivity index (χ4v) is 3.16. The van der Waals surface area contributed by atoms with Crippen LogP contribution in [-0.4, -0.2) is 30.2 Å². The van der Waals surface area contributed by atoms with Gasteiger partial charge in [-0.3, -0.25) is 4.79 Å². The molecule has 0 saturated heterocycles. The van der Waals surface area contributed by atoms with Crippen LogP contribution < -0.4 is 10.2 Å². The third kappa shape index (κ3) is 3.37. The number of nitrogens with one attached hydrogen (secondary N) is 1. The van der Waals surface area contributed by atoms with Crippen molar-refractivity contribution in [2.45, 2.75) is 25.5 Å². The van der Waals surface area contributed by atoms with Crippen LogP contribution in [0.25, 0.3) is 0 Å². The van der Waals surface area contributed by atoms with Gasteiger partial charge in [-0.1, -0.05) is 42.5 Å². The van der Waals surface area contributed by atoms with Crippen LogP contribution in [-0.2, 0) is 11.2 Å². The van der Waals surface area contributed by atoms with E-state index < -0.39 is 6.10 Å². The first kappa shape index (κ1) is 15.6. The Morgan fingerprint density at radius 1 is 1.17 bits per heavy atom. The zero-order valence-corrected chi connectivity index (χ0v) is 13.3. The molecular formula is C19H22N2O2. The molecule has 0 spiro atoms. The number of rotatable bonds is 5. The predicted molar refractivity (Wildman–Crippen MR) is 91.4 cm³/mol. The smallest absolute Gasteiger partial charge is 0.240 e. The SMILES string of the molecule is CCN(CC(=O)NC1c2ccccc2CC1O)c1ccccc1. The lowest BCUT2D eigenvalue weighted by atomic mass is 10.1. The molecule has 23 heavy (non-hydrogen) atoms. The molecule has 0 bridgehead atoms. The van der Waals surface area contributed by atoms with Crippen LogP contribution in [0.3, 0.4) is 0 Å². The van der Waals surface area contributed by atoms with Crippen molar-refractivity contribution < 1.29 is 9.90 Å². The highest BCUT2D eigenvalue weighted by molar-refractivity contribution is 5.82. The van der Waals surface area contributed by atoms with Gasteiger partial charge in [0, 0.05) is 18.7 Å². The average Bonchev–Trinajstić information content (AvgIpc) is 2.89. The number of para-hydroxylation sites is 1. The summed E-state index contributed by atoms with van der Waals surface area (Å²) in [5.74, 6) is -0.0727. The maximum absolute atomic E-state index is 12.4. The van der Waals surface area contributed by atoms with Crippen molar-refractivity contribution in [1.82, 2.24) is 5.32 Å². The van der Waals surface area contributed by atoms with Crippen LogP contribution in [0.15, 0.2) is 54.6 Å². The van der Waals surface area contributed by atoms with E-state index in [2.05, 4.69) is 5.32 Å². The second-order valence-corrected chi connectivity index (χ2v) is 5.87. The van der Waals surface area contributed by atoms with Crippen molar-refractivity contribution in [2.75, 3.05) is 18.0 Å². The van der Waals surface area contributed by atoms with Gasteiger partial charge in [0.05, 0.1) is 18.7 Å². The molecule has 1 amide bonds. The molecule has 3 rings (SSSR count). The molecule has 0 aliphatic heterocycles. The van der Waals surface area contributed by atoms with Crippen molar-refractivity contribution in [2.24, 2.45) is 0 Å². The molecule has 0 aromatic heterocycles. The fourth-order valence-electron chi connectivity index (χ4n) is 3.16. The lowest BCUT2D eigenvalue weighted by Crippen LogP contribution is -2.41. The number of nitrogens with zero attached hydrogens (tertiary/aromatic N) is 1. The topological polar surface area (TPSA) is 52.6 Å². The molecule has 0 radical (unpaired) electrons. The molecule has 1 aliphatic rings. The summed E-state index contributed by atoms with van der Waals surface area (Å²) in [6.45, 7) is 3.06. The summed E-state index contributed by atoms with van der Waals surface area (Å²) in [7, 11) is 0. The van der Waals surface area contributed by atoms with E-state index in [1.54, 1.807) is 0 Å². The lowest BCUT2D eigenvalue weighted by molar-refractivity contribution is -0.121. The van der Waals surface area contributed by atoms with Crippen molar-refractivity contribution in [1.29, 1.82) is 0 Å². The number of aliphatic hydroxyl groups is 1. The van der Waals surface area contributed by atoms with Gasteiger partial charge in [0.1, 0.15) is 0 Å². The van der Waals surface area contributed by atoms with E-state index in [0.29, 0.717) is 6.42 Å². The molecule has 120 valence electrons. The van der Waals surface area contributed by atoms with Crippen molar-refractivity contribution in [3.63, 3.8) is 0 Å². The number of hydrogen-bond donors (Lipinski definition) is 2. The Balaban J connectivity index is 1.68. The van der Waals surface area contributed by atoms with Crippen LogP contribution in [0.2, 0.25) is 0 Å². The molecule has 0 fully saturated rings. The largest absolute Gasteiger partial charge is 0.390 e. The van der Waals surface area contributed by atoms with Crippen LogP contribution in [0.1, 0.15) is 24.1 Å². The van der Waals surface area contributed by atoms with Gasteiger partial charge >= 0.3 is 0 Å². The summed E-state index contributed by atoms with van der Waals surface area (Å²) < 4.78 is 0. The molecule has 2 unspecified atom stereocenters. The molecule has 2 aromatic carbocycles. The van der Waals surface area contributed by atoms with Crippen LogP contribution in [0.5, 0.6) is 0 Å². The lowest BCUT2D eigenvalue weighted by Gasteiger charge is -2.24. The molecular weight excluding hydrogens is 288 g/mol. The van der Waals surface area contributed by atoms with Gasteiger partial charge in [-0.05, 0) is 30.2 Å².